The molecule has 148 valence electrons. The van der Waals surface area contributed by atoms with Crippen LogP contribution in [0.25, 0.3) is 28.2 Å². The first-order valence-corrected chi connectivity index (χ1v) is 9.38. The number of hydrogen-bond donors (Lipinski definition) is 0. The molecular weight excluding hydrogens is 409 g/mol. The smallest absolute Gasteiger partial charge is 0.277 e. The summed E-state index contributed by atoms with van der Waals surface area (Å²) in [6, 6.07) is 14.7. The summed E-state index contributed by atoms with van der Waals surface area (Å²) >= 11 is 6.00. The standard InChI is InChI=1S/C21H13ClFN5O2/c22-15-3-1-2-14(10-15)20-24-19(30-26-20)12-27-8-9-28-18(21(27)29)11-17(25-28)13-4-6-16(23)7-5-13/h1-11H,12H2. The predicted octanol–water partition coefficient (Wildman–Crippen LogP) is 4.05. The predicted molar refractivity (Wildman–Crippen MR) is 109 cm³/mol. The average Bonchev–Trinajstić information content (AvgIpc) is 3.38. The van der Waals surface area contributed by atoms with Crippen LogP contribution < -0.4 is 5.56 Å². The van der Waals surface area contributed by atoms with Gasteiger partial charge in [-0.05, 0) is 42.5 Å². The Labute approximate surface area is 174 Å². The lowest BCUT2D eigenvalue weighted by Crippen LogP contribution is -2.21. The molecule has 0 spiro atoms. The highest BCUT2D eigenvalue weighted by molar-refractivity contribution is 6.30. The molecule has 30 heavy (non-hydrogen) atoms. The van der Waals surface area contributed by atoms with Gasteiger partial charge < -0.3 is 9.09 Å². The van der Waals surface area contributed by atoms with E-state index in [-0.39, 0.29) is 23.8 Å². The largest absolute Gasteiger partial charge is 0.337 e. The minimum absolute atomic E-state index is 0.111. The fraction of sp³-hybridized carbons (Fsp3) is 0.0476. The molecule has 0 aliphatic heterocycles. The van der Waals surface area contributed by atoms with E-state index in [0.29, 0.717) is 27.6 Å². The van der Waals surface area contributed by atoms with Crippen molar-refractivity contribution in [3.63, 3.8) is 0 Å². The quantitative estimate of drug-likeness (QED) is 0.437. The average molecular weight is 422 g/mol. The highest BCUT2D eigenvalue weighted by Crippen LogP contribution is 2.21. The zero-order chi connectivity index (χ0) is 20.7. The molecule has 7 nitrogen and oxygen atoms in total. The summed E-state index contributed by atoms with van der Waals surface area (Å²) in [7, 11) is 0. The van der Waals surface area contributed by atoms with Gasteiger partial charge in [-0.1, -0.05) is 28.9 Å². The molecule has 0 saturated carbocycles. The molecule has 0 aliphatic rings. The van der Waals surface area contributed by atoms with E-state index < -0.39 is 0 Å². The summed E-state index contributed by atoms with van der Waals surface area (Å²) in [4.78, 5) is 17.2. The van der Waals surface area contributed by atoms with Gasteiger partial charge in [-0.2, -0.15) is 10.1 Å². The minimum Gasteiger partial charge on any atom is -0.337 e. The van der Waals surface area contributed by atoms with Crippen molar-refractivity contribution in [1.29, 1.82) is 0 Å². The van der Waals surface area contributed by atoms with Gasteiger partial charge in [-0.25, -0.2) is 8.91 Å². The van der Waals surface area contributed by atoms with Crippen molar-refractivity contribution in [1.82, 2.24) is 24.3 Å². The molecular formula is C21H13ClFN5O2. The van der Waals surface area contributed by atoms with Crippen LogP contribution in [0.4, 0.5) is 4.39 Å². The number of nitrogens with zero attached hydrogens (tertiary/aromatic N) is 5. The van der Waals surface area contributed by atoms with Crippen LogP contribution in [0.1, 0.15) is 5.89 Å². The number of fused-ring (bicyclic) bond motifs is 1. The summed E-state index contributed by atoms with van der Waals surface area (Å²) in [5.74, 6) is 0.348. The molecule has 0 amide bonds. The van der Waals surface area contributed by atoms with Crippen LogP contribution in [0.15, 0.2) is 76.3 Å². The van der Waals surface area contributed by atoms with Crippen LogP contribution in [0, 0.1) is 5.82 Å². The second kappa shape index (κ2) is 7.23. The van der Waals surface area contributed by atoms with Gasteiger partial charge in [0.15, 0.2) is 0 Å². The topological polar surface area (TPSA) is 78.2 Å². The molecule has 0 N–H and O–H groups in total. The van der Waals surface area contributed by atoms with E-state index in [4.69, 9.17) is 16.1 Å². The Hall–Kier alpha value is -3.78. The summed E-state index contributed by atoms with van der Waals surface area (Å²) in [5.41, 5.74) is 2.13. The van der Waals surface area contributed by atoms with Crippen molar-refractivity contribution in [2.45, 2.75) is 6.54 Å². The lowest BCUT2D eigenvalue weighted by molar-refractivity contribution is 0.370. The number of halogens is 2. The van der Waals surface area contributed by atoms with Gasteiger partial charge in [-0.3, -0.25) is 4.79 Å². The normalized spacial score (nSPS) is 11.3. The maximum absolute atomic E-state index is 13.2. The van der Waals surface area contributed by atoms with Crippen LogP contribution in [0.2, 0.25) is 5.02 Å². The number of rotatable bonds is 4. The molecule has 0 bridgehead atoms. The van der Waals surface area contributed by atoms with E-state index in [0.717, 1.165) is 5.56 Å². The van der Waals surface area contributed by atoms with Crippen LogP contribution in [0.5, 0.6) is 0 Å². The Bertz CT molecular complexity index is 1420. The van der Waals surface area contributed by atoms with Crippen molar-refractivity contribution >= 4 is 17.1 Å². The van der Waals surface area contributed by atoms with Gasteiger partial charge in [0.1, 0.15) is 17.9 Å². The minimum atomic E-state index is -0.332. The van der Waals surface area contributed by atoms with Gasteiger partial charge in [0.25, 0.3) is 5.56 Å². The Morgan fingerprint density at radius 3 is 2.67 bits per heavy atom. The molecule has 0 aliphatic carbocycles. The summed E-state index contributed by atoms with van der Waals surface area (Å²) in [5, 5.41) is 8.92. The van der Waals surface area contributed by atoms with E-state index in [2.05, 4.69) is 15.2 Å². The first-order chi connectivity index (χ1) is 14.6. The lowest BCUT2D eigenvalue weighted by Gasteiger charge is -2.01. The highest BCUT2D eigenvalue weighted by Gasteiger charge is 2.13. The third kappa shape index (κ3) is 3.37. The van der Waals surface area contributed by atoms with Crippen molar-refractivity contribution in [3.05, 3.63) is 94.1 Å². The molecule has 5 aromatic rings. The molecule has 0 atom stereocenters. The first kappa shape index (κ1) is 18.3. The maximum Gasteiger partial charge on any atom is 0.277 e. The van der Waals surface area contributed by atoms with Gasteiger partial charge in [-0.15, -0.1) is 0 Å². The second-order valence-electron chi connectivity index (χ2n) is 6.62. The summed E-state index contributed by atoms with van der Waals surface area (Å²) in [6.45, 7) is 0.111. The number of aromatic nitrogens is 5. The molecule has 0 radical (unpaired) electrons. The van der Waals surface area contributed by atoms with Crippen LogP contribution in [-0.2, 0) is 6.54 Å². The van der Waals surface area contributed by atoms with Crippen LogP contribution in [0.3, 0.4) is 0 Å². The van der Waals surface area contributed by atoms with E-state index in [9.17, 15) is 9.18 Å². The fourth-order valence-electron chi connectivity index (χ4n) is 3.12. The Balaban J connectivity index is 1.46. The third-order valence-corrected chi connectivity index (χ3v) is 4.84. The SMILES string of the molecule is O=c1c2cc(-c3ccc(F)cc3)nn2ccn1Cc1nc(-c2cccc(Cl)c2)no1. The van der Waals surface area contributed by atoms with Crippen molar-refractivity contribution in [3.8, 4) is 22.6 Å². The zero-order valence-electron chi connectivity index (χ0n) is 15.4. The van der Waals surface area contributed by atoms with Crippen molar-refractivity contribution < 1.29 is 8.91 Å². The van der Waals surface area contributed by atoms with E-state index in [1.54, 1.807) is 48.8 Å². The van der Waals surface area contributed by atoms with Gasteiger partial charge in [0.2, 0.25) is 11.7 Å². The number of benzene rings is 2. The van der Waals surface area contributed by atoms with Gasteiger partial charge in [0, 0.05) is 28.5 Å². The van der Waals surface area contributed by atoms with E-state index in [1.807, 2.05) is 6.07 Å². The molecule has 0 unspecified atom stereocenters. The summed E-state index contributed by atoms with van der Waals surface area (Å²) < 4.78 is 21.4. The molecule has 9 heteroatoms. The molecule has 3 aromatic heterocycles. The molecule has 3 heterocycles. The fourth-order valence-corrected chi connectivity index (χ4v) is 3.31. The molecule has 5 rings (SSSR count). The molecule has 2 aromatic carbocycles. The Morgan fingerprint density at radius 1 is 1.03 bits per heavy atom. The van der Waals surface area contributed by atoms with Crippen LogP contribution in [-0.4, -0.2) is 24.3 Å². The second-order valence-corrected chi connectivity index (χ2v) is 7.06. The first-order valence-electron chi connectivity index (χ1n) is 9.00. The van der Waals surface area contributed by atoms with E-state index in [1.165, 1.54) is 21.2 Å². The van der Waals surface area contributed by atoms with Crippen LogP contribution >= 0.6 is 11.6 Å². The van der Waals surface area contributed by atoms with Crippen molar-refractivity contribution in [2.24, 2.45) is 0 Å². The summed E-state index contributed by atoms with van der Waals surface area (Å²) in [6.07, 6.45) is 3.26. The Morgan fingerprint density at radius 2 is 1.87 bits per heavy atom. The van der Waals surface area contributed by atoms with E-state index >= 15 is 0 Å². The number of hydrogen-bond acceptors (Lipinski definition) is 5. The Kier molecular flexibility index (Phi) is 4.40. The lowest BCUT2D eigenvalue weighted by atomic mass is 10.1. The maximum atomic E-state index is 13.2. The van der Waals surface area contributed by atoms with Crippen molar-refractivity contribution in [2.75, 3.05) is 0 Å². The molecule has 0 fully saturated rings. The van der Waals surface area contributed by atoms with Gasteiger partial charge >= 0.3 is 0 Å². The van der Waals surface area contributed by atoms with Gasteiger partial charge in [0.05, 0.1) is 5.69 Å². The third-order valence-electron chi connectivity index (χ3n) is 4.60. The monoisotopic (exact) mass is 421 g/mol. The molecule has 0 saturated heterocycles. The zero-order valence-corrected chi connectivity index (χ0v) is 16.1. The highest BCUT2D eigenvalue weighted by atomic mass is 35.5.